The van der Waals surface area contributed by atoms with Crippen LogP contribution in [0.3, 0.4) is 0 Å². The highest BCUT2D eigenvalue weighted by atomic mass is 32.1. The van der Waals surface area contributed by atoms with Crippen LogP contribution in [0.1, 0.15) is 64.5 Å². The summed E-state index contributed by atoms with van der Waals surface area (Å²) in [6.07, 6.45) is 1.19. The monoisotopic (exact) mass is 480 g/mol. The summed E-state index contributed by atoms with van der Waals surface area (Å²) in [5.41, 5.74) is 2.85. The summed E-state index contributed by atoms with van der Waals surface area (Å²) in [5.74, 6) is 5.20. The van der Waals surface area contributed by atoms with E-state index in [1.54, 1.807) is 22.4 Å². The molecule has 0 bridgehead atoms. The smallest absolute Gasteiger partial charge is 0.357 e. The lowest BCUT2D eigenvalue weighted by molar-refractivity contribution is 0.0456. The van der Waals surface area contributed by atoms with Gasteiger partial charge < -0.3 is 9.47 Å². The molecule has 0 saturated heterocycles. The van der Waals surface area contributed by atoms with Crippen LogP contribution in [0.15, 0.2) is 41.4 Å². The molecule has 0 spiro atoms. The van der Waals surface area contributed by atoms with Crippen LogP contribution in [0.4, 0.5) is 0 Å². The molecule has 2 heterocycles. The van der Waals surface area contributed by atoms with E-state index >= 15 is 0 Å². The molecular weight excluding hydrogens is 452 g/mol. The first-order valence-corrected chi connectivity index (χ1v) is 11.6. The molecule has 0 unspecified atom stereocenters. The van der Waals surface area contributed by atoms with E-state index in [1.807, 2.05) is 44.2 Å². The lowest BCUT2D eigenvalue weighted by Crippen LogP contribution is -2.14. The molecule has 8 nitrogen and oxygen atoms in total. The van der Waals surface area contributed by atoms with Crippen LogP contribution < -0.4 is 0 Å². The van der Waals surface area contributed by atoms with Gasteiger partial charge in [-0.1, -0.05) is 42.2 Å². The number of carbonyl (C=O) groups excluding carboxylic acids is 2. The van der Waals surface area contributed by atoms with Crippen LogP contribution in [0.2, 0.25) is 0 Å². The molecule has 0 saturated carbocycles. The Hall–Kier alpha value is -3.51. The van der Waals surface area contributed by atoms with Gasteiger partial charge in [0.15, 0.2) is 5.69 Å². The Labute approximate surface area is 204 Å². The highest BCUT2D eigenvalue weighted by Crippen LogP contribution is 2.18. The van der Waals surface area contributed by atoms with Gasteiger partial charge in [0.2, 0.25) is 0 Å². The van der Waals surface area contributed by atoms with Crippen molar-refractivity contribution >= 4 is 24.6 Å². The molecule has 0 aliphatic heterocycles. The van der Waals surface area contributed by atoms with Gasteiger partial charge >= 0.3 is 11.9 Å². The van der Waals surface area contributed by atoms with Gasteiger partial charge in [0.05, 0.1) is 17.9 Å². The number of esters is 2. The quantitative estimate of drug-likeness (QED) is 0.215. The molecule has 0 aliphatic rings. The molecular formula is C25H28N4O4S. The number of benzene rings is 1. The fraction of sp³-hybridized carbons (Fsp3) is 0.360. The van der Waals surface area contributed by atoms with Crippen LogP contribution in [0.5, 0.6) is 0 Å². The third kappa shape index (κ3) is 6.29. The highest BCUT2D eigenvalue weighted by molar-refractivity contribution is 7.80. The van der Waals surface area contributed by atoms with Crippen LogP contribution >= 0.6 is 12.6 Å². The zero-order chi connectivity index (χ0) is 24.5. The molecule has 34 heavy (non-hydrogen) atoms. The van der Waals surface area contributed by atoms with Crippen molar-refractivity contribution in [3.63, 3.8) is 0 Å². The van der Waals surface area contributed by atoms with Crippen LogP contribution in [0, 0.1) is 18.8 Å². The molecule has 3 aromatic rings. The maximum atomic E-state index is 12.6. The number of unbranched alkanes of at least 4 members (excludes halogenated alkanes) is 1. The molecule has 0 aliphatic carbocycles. The van der Waals surface area contributed by atoms with Crippen LogP contribution in [0.25, 0.3) is 0 Å². The molecule has 0 amide bonds. The maximum Gasteiger partial charge on any atom is 0.357 e. The van der Waals surface area contributed by atoms with E-state index < -0.39 is 11.9 Å². The number of nitrogens with zero attached hydrogens (tertiary/aromatic N) is 4. The van der Waals surface area contributed by atoms with Gasteiger partial charge in [-0.15, -0.1) is 12.6 Å². The van der Waals surface area contributed by atoms with Crippen molar-refractivity contribution in [2.45, 2.75) is 58.3 Å². The third-order valence-corrected chi connectivity index (χ3v) is 5.22. The second-order valence-corrected chi connectivity index (χ2v) is 7.87. The van der Waals surface area contributed by atoms with E-state index in [0.717, 1.165) is 11.3 Å². The Balaban J connectivity index is 1.62. The summed E-state index contributed by atoms with van der Waals surface area (Å²) in [7, 11) is 0. The first kappa shape index (κ1) is 25.1. The van der Waals surface area contributed by atoms with Crippen molar-refractivity contribution in [3.05, 3.63) is 64.6 Å². The van der Waals surface area contributed by atoms with Gasteiger partial charge in [-0.3, -0.25) is 9.36 Å². The summed E-state index contributed by atoms with van der Waals surface area (Å²) in [5, 5.41) is 9.07. The minimum Gasteiger partial charge on any atom is -0.461 e. The fourth-order valence-electron chi connectivity index (χ4n) is 3.35. The molecule has 0 N–H and O–H groups in total. The van der Waals surface area contributed by atoms with Crippen molar-refractivity contribution in [2.75, 3.05) is 6.61 Å². The average molecular weight is 481 g/mol. The van der Waals surface area contributed by atoms with Crippen molar-refractivity contribution in [3.8, 4) is 11.8 Å². The number of carbonyl (C=O) groups is 2. The fourth-order valence-corrected chi connectivity index (χ4v) is 3.62. The van der Waals surface area contributed by atoms with Gasteiger partial charge in [0, 0.05) is 19.5 Å². The molecule has 9 heteroatoms. The van der Waals surface area contributed by atoms with Crippen LogP contribution in [-0.4, -0.2) is 38.1 Å². The van der Waals surface area contributed by atoms with E-state index in [2.05, 4.69) is 34.7 Å². The lowest BCUT2D eigenvalue weighted by atomic mass is 10.2. The number of hydrogen-bond acceptors (Lipinski definition) is 7. The van der Waals surface area contributed by atoms with E-state index in [1.165, 1.54) is 0 Å². The van der Waals surface area contributed by atoms with Gasteiger partial charge in [-0.25, -0.2) is 9.59 Å². The van der Waals surface area contributed by atoms with Crippen molar-refractivity contribution in [2.24, 2.45) is 0 Å². The summed E-state index contributed by atoms with van der Waals surface area (Å²) in [6, 6.07) is 11.2. The van der Waals surface area contributed by atoms with E-state index in [-0.39, 0.29) is 13.2 Å². The zero-order valence-corrected chi connectivity index (χ0v) is 20.5. The molecule has 0 fully saturated rings. The molecule has 2 aromatic heterocycles. The summed E-state index contributed by atoms with van der Waals surface area (Å²) < 4.78 is 13.8. The molecule has 0 atom stereocenters. The largest absolute Gasteiger partial charge is 0.461 e. The first-order chi connectivity index (χ1) is 16.4. The van der Waals surface area contributed by atoms with Gasteiger partial charge in [-0.05, 0) is 38.8 Å². The third-order valence-electron chi connectivity index (χ3n) is 4.91. The Bertz CT molecular complexity index is 1200. The Kier molecular flexibility index (Phi) is 8.93. The second kappa shape index (κ2) is 12.1. The number of hydrogen-bond donors (Lipinski definition) is 1. The topological polar surface area (TPSA) is 88.2 Å². The predicted octanol–water partition coefficient (Wildman–Crippen LogP) is 4.06. The summed E-state index contributed by atoms with van der Waals surface area (Å²) in [4.78, 5) is 24.9. The van der Waals surface area contributed by atoms with Gasteiger partial charge in [0.1, 0.15) is 17.3 Å². The highest BCUT2D eigenvalue weighted by Gasteiger charge is 2.21. The normalized spacial score (nSPS) is 10.5. The van der Waals surface area contributed by atoms with E-state index in [0.29, 0.717) is 47.9 Å². The van der Waals surface area contributed by atoms with Crippen molar-refractivity contribution in [1.29, 1.82) is 0 Å². The predicted molar refractivity (Wildman–Crippen MR) is 130 cm³/mol. The van der Waals surface area contributed by atoms with Crippen LogP contribution in [-0.2, 0) is 29.2 Å². The molecule has 0 radical (unpaired) electrons. The maximum absolute atomic E-state index is 12.6. The minimum atomic E-state index is -0.466. The number of rotatable bonds is 9. The second-order valence-electron chi connectivity index (χ2n) is 7.44. The zero-order valence-electron chi connectivity index (χ0n) is 19.6. The van der Waals surface area contributed by atoms with Gasteiger partial charge in [0.25, 0.3) is 0 Å². The number of aromatic nitrogens is 4. The Morgan fingerprint density at radius 3 is 2.53 bits per heavy atom. The Morgan fingerprint density at radius 1 is 1.06 bits per heavy atom. The Morgan fingerprint density at radius 2 is 1.82 bits per heavy atom. The molecule has 3 rings (SSSR count). The van der Waals surface area contributed by atoms with Crippen molar-refractivity contribution < 1.29 is 19.1 Å². The summed E-state index contributed by atoms with van der Waals surface area (Å²) in [6.45, 7) is 6.95. The number of aryl methyl sites for hydroxylation is 3. The minimum absolute atomic E-state index is 0.204. The van der Waals surface area contributed by atoms with Crippen molar-refractivity contribution in [1.82, 2.24) is 19.6 Å². The molecule has 1 aromatic carbocycles. The van der Waals surface area contributed by atoms with E-state index in [9.17, 15) is 9.59 Å². The number of thiol groups is 1. The summed E-state index contributed by atoms with van der Waals surface area (Å²) >= 11 is 4.36. The SMILES string of the molecule is CCOC(=O)c1c(C#CCCCn2nc(C)cc2C(=O)OCc2ccccc2)c(S)nn1CC. The number of ether oxygens (including phenoxy) is 2. The van der Waals surface area contributed by atoms with E-state index in [4.69, 9.17) is 9.47 Å². The average Bonchev–Trinajstić information content (AvgIpc) is 3.37. The first-order valence-electron chi connectivity index (χ1n) is 11.2. The standard InChI is InChI=1S/C25H28N4O4S/c1-4-28-22(25(31)32-5-2)20(23(34)27-28)14-10-7-11-15-29-21(16-18(3)26-29)24(30)33-17-19-12-8-6-9-13-19/h6,8-9,12-13,16H,4-5,7,11,15,17H2,1-3H3,(H,27,34). The lowest BCUT2D eigenvalue weighted by Gasteiger charge is -2.07. The van der Waals surface area contributed by atoms with Gasteiger partial charge in [-0.2, -0.15) is 10.2 Å². The molecule has 178 valence electrons.